The number of carbonyl (C=O) groups is 2. The highest BCUT2D eigenvalue weighted by Crippen LogP contribution is 2.18. The molecular formula is C13H22N4O4. The van der Waals surface area contributed by atoms with Gasteiger partial charge in [-0.05, 0) is 12.8 Å². The third kappa shape index (κ3) is 4.52. The van der Waals surface area contributed by atoms with Crippen molar-refractivity contribution >= 4 is 11.9 Å². The first-order chi connectivity index (χ1) is 9.90. The van der Waals surface area contributed by atoms with Crippen molar-refractivity contribution in [3.63, 3.8) is 0 Å². The molecule has 118 valence electrons. The summed E-state index contributed by atoms with van der Waals surface area (Å²) >= 11 is 0. The third-order valence-corrected chi connectivity index (χ3v) is 2.82. The molecule has 0 saturated heterocycles. The topological polar surface area (TPSA) is 95.3 Å². The van der Waals surface area contributed by atoms with Gasteiger partial charge in [-0.25, -0.2) is 9.48 Å². The summed E-state index contributed by atoms with van der Waals surface area (Å²) in [6.45, 7) is 6.05. The fraction of sp³-hybridized carbons (Fsp3) is 0.692. The van der Waals surface area contributed by atoms with Crippen molar-refractivity contribution in [1.29, 1.82) is 0 Å². The molecule has 0 aliphatic rings. The van der Waals surface area contributed by atoms with Crippen LogP contribution in [0.4, 0.5) is 0 Å². The highest BCUT2D eigenvalue weighted by molar-refractivity contribution is 5.88. The normalized spacial score (nSPS) is 12.3. The van der Waals surface area contributed by atoms with Gasteiger partial charge in [0.2, 0.25) is 5.91 Å². The summed E-state index contributed by atoms with van der Waals surface area (Å²) in [5.74, 6) is -0.792. The molecule has 0 aromatic carbocycles. The second-order valence-corrected chi connectivity index (χ2v) is 5.05. The first-order valence-corrected chi connectivity index (χ1v) is 6.70. The quantitative estimate of drug-likeness (QED) is 0.729. The van der Waals surface area contributed by atoms with Crippen molar-refractivity contribution in [2.75, 3.05) is 20.8 Å². The Bertz CT molecular complexity index is 498. The zero-order valence-corrected chi connectivity index (χ0v) is 13.0. The van der Waals surface area contributed by atoms with E-state index in [9.17, 15) is 9.59 Å². The molecule has 0 aliphatic carbocycles. The molecule has 1 rings (SSSR count). The molecule has 1 amide bonds. The highest BCUT2D eigenvalue weighted by Gasteiger charge is 2.23. The standard InChI is InChI=1S/C13H22N4O4/c1-8(2)12-11(13(19)21-5)15-16-17(12)6-10(18)14-9(3)7-20-4/h8-9H,6-7H2,1-5H3,(H,14,18). The van der Waals surface area contributed by atoms with Gasteiger partial charge in [-0.1, -0.05) is 19.1 Å². The predicted molar refractivity (Wildman–Crippen MR) is 74.9 cm³/mol. The smallest absolute Gasteiger partial charge is 0.360 e. The summed E-state index contributed by atoms with van der Waals surface area (Å²) in [6, 6.07) is -0.103. The predicted octanol–water partition coefficient (Wildman–Crippen LogP) is 0.339. The van der Waals surface area contributed by atoms with E-state index in [1.807, 2.05) is 20.8 Å². The van der Waals surface area contributed by atoms with Crippen LogP contribution in [-0.4, -0.2) is 53.7 Å². The van der Waals surface area contributed by atoms with Crippen LogP contribution >= 0.6 is 0 Å². The van der Waals surface area contributed by atoms with Gasteiger partial charge in [0.15, 0.2) is 5.69 Å². The Balaban J connectivity index is 2.86. The number of carbonyl (C=O) groups excluding carboxylic acids is 2. The minimum atomic E-state index is -0.557. The molecule has 0 radical (unpaired) electrons. The van der Waals surface area contributed by atoms with Gasteiger partial charge in [0.05, 0.1) is 19.4 Å². The number of rotatable bonds is 7. The van der Waals surface area contributed by atoms with E-state index in [1.54, 1.807) is 7.11 Å². The zero-order chi connectivity index (χ0) is 16.0. The number of nitrogens with one attached hydrogen (secondary N) is 1. The van der Waals surface area contributed by atoms with E-state index in [0.717, 1.165) is 0 Å². The molecule has 1 N–H and O–H groups in total. The molecule has 21 heavy (non-hydrogen) atoms. The monoisotopic (exact) mass is 298 g/mol. The first-order valence-electron chi connectivity index (χ1n) is 6.70. The largest absolute Gasteiger partial charge is 0.464 e. The Kier molecular flexibility index (Phi) is 6.29. The molecule has 0 spiro atoms. The molecule has 0 aliphatic heterocycles. The van der Waals surface area contributed by atoms with Crippen LogP contribution < -0.4 is 5.32 Å². The van der Waals surface area contributed by atoms with Crippen LogP contribution in [-0.2, 0) is 20.8 Å². The molecule has 0 fully saturated rings. The average molecular weight is 298 g/mol. The van der Waals surface area contributed by atoms with Gasteiger partial charge in [0.25, 0.3) is 0 Å². The number of hydrogen-bond acceptors (Lipinski definition) is 6. The van der Waals surface area contributed by atoms with Crippen LogP contribution in [0.5, 0.6) is 0 Å². The van der Waals surface area contributed by atoms with Crippen molar-refractivity contribution < 1.29 is 19.1 Å². The van der Waals surface area contributed by atoms with Crippen molar-refractivity contribution in [2.45, 2.75) is 39.3 Å². The second kappa shape index (κ2) is 7.72. The van der Waals surface area contributed by atoms with Crippen molar-refractivity contribution in [2.24, 2.45) is 0 Å². The van der Waals surface area contributed by atoms with E-state index in [1.165, 1.54) is 11.8 Å². The van der Waals surface area contributed by atoms with E-state index in [2.05, 4.69) is 20.4 Å². The number of ether oxygens (including phenoxy) is 2. The van der Waals surface area contributed by atoms with Gasteiger partial charge < -0.3 is 14.8 Å². The maximum atomic E-state index is 11.9. The summed E-state index contributed by atoms with van der Waals surface area (Å²) in [5.41, 5.74) is 0.724. The highest BCUT2D eigenvalue weighted by atomic mass is 16.5. The third-order valence-electron chi connectivity index (χ3n) is 2.82. The van der Waals surface area contributed by atoms with Gasteiger partial charge in [-0.3, -0.25) is 4.79 Å². The molecule has 1 unspecified atom stereocenters. The first kappa shape index (κ1) is 17.1. The Morgan fingerprint density at radius 1 is 1.29 bits per heavy atom. The van der Waals surface area contributed by atoms with Crippen LogP contribution in [0.25, 0.3) is 0 Å². The Morgan fingerprint density at radius 3 is 2.48 bits per heavy atom. The number of hydrogen-bond donors (Lipinski definition) is 1. The summed E-state index contributed by atoms with van der Waals surface area (Å²) in [7, 11) is 2.85. The zero-order valence-electron chi connectivity index (χ0n) is 13.0. The Hall–Kier alpha value is -1.96. The summed E-state index contributed by atoms with van der Waals surface area (Å²) in [4.78, 5) is 23.6. The molecular weight excluding hydrogens is 276 g/mol. The van der Waals surface area contributed by atoms with Crippen LogP contribution in [0.1, 0.15) is 42.9 Å². The Morgan fingerprint density at radius 2 is 1.95 bits per heavy atom. The van der Waals surface area contributed by atoms with Crippen LogP contribution in [0.15, 0.2) is 0 Å². The van der Waals surface area contributed by atoms with Gasteiger partial charge in [-0.2, -0.15) is 0 Å². The fourth-order valence-electron chi connectivity index (χ4n) is 2.00. The lowest BCUT2D eigenvalue weighted by Gasteiger charge is -2.14. The fourth-order valence-corrected chi connectivity index (χ4v) is 2.00. The molecule has 1 aromatic rings. The van der Waals surface area contributed by atoms with Crippen molar-refractivity contribution in [3.05, 3.63) is 11.4 Å². The second-order valence-electron chi connectivity index (χ2n) is 5.05. The summed E-state index contributed by atoms with van der Waals surface area (Å²) in [6.07, 6.45) is 0. The van der Waals surface area contributed by atoms with Crippen LogP contribution in [0, 0.1) is 0 Å². The van der Waals surface area contributed by atoms with Crippen LogP contribution in [0.2, 0.25) is 0 Å². The van der Waals surface area contributed by atoms with Crippen molar-refractivity contribution in [1.82, 2.24) is 20.3 Å². The lowest BCUT2D eigenvalue weighted by Crippen LogP contribution is -2.38. The summed E-state index contributed by atoms with van der Waals surface area (Å²) in [5, 5.41) is 10.5. The lowest BCUT2D eigenvalue weighted by molar-refractivity contribution is -0.122. The molecule has 1 heterocycles. The van der Waals surface area contributed by atoms with E-state index in [-0.39, 0.29) is 30.1 Å². The maximum absolute atomic E-state index is 11.9. The molecule has 0 saturated carbocycles. The number of esters is 1. The number of methoxy groups -OCH3 is 2. The SMILES string of the molecule is COCC(C)NC(=O)Cn1nnc(C(=O)OC)c1C(C)C. The molecule has 8 heteroatoms. The average Bonchev–Trinajstić information content (AvgIpc) is 2.81. The Labute approximate surface area is 123 Å². The lowest BCUT2D eigenvalue weighted by atomic mass is 10.1. The van der Waals surface area contributed by atoms with Gasteiger partial charge in [0, 0.05) is 13.2 Å². The summed E-state index contributed by atoms with van der Waals surface area (Å²) < 4.78 is 11.0. The number of aromatic nitrogens is 3. The van der Waals surface area contributed by atoms with Gasteiger partial charge in [-0.15, -0.1) is 5.10 Å². The maximum Gasteiger partial charge on any atom is 0.360 e. The minimum absolute atomic E-state index is 0.00837. The van der Waals surface area contributed by atoms with Gasteiger partial charge in [0.1, 0.15) is 6.54 Å². The molecule has 0 bridgehead atoms. The van der Waals surface area contributed by atoms with E-state index < -0.39 is 5.97 Å². The molecule has 1 atom stereocenters. The number of nitrogens with zero attached hydrogens (tertiary/aromatic N) is 3. The van der Waals surface area contributed by atoms with E-state index in [4.69, 9.17) is 4.74 Å². The number of amides is 1. The molecule has 8 nitrogen and oxygen atoms in total. The van der Waals surface area contributed by atoms with Crippen molar-refractivity contribution in [3.8, 4) is 0 Å². The minimum Gasteiger partial charge on any atom is -0.464 e. The van der Waals surface area contributed by atoms with E-state index in [0.29, 0.717) is 12.3 Å². The van der Waals surface area contributed by atoms with Crippen LogP contribution in [0.3, 0.4) is 0 Å². The van der Waals surface area contributed by atoms with E-state index >= 15 is 0 Å². The molecule has 1 aromatic heterocycles. The van der Waals surface area contributed by atoms with Gasteiger partial charge >= 0.3 is 5.97 Å².